The van der Waals surface area contributed by atoms with E-state index in [4.69, 9.17) is 5.73 Å². The molecule has 0 radical (unpaired) electrons. The number of hydrogen-bond donors (Lipinski definition) is 2. The smallest absolute Gasteiger partial charge is 0.243 e. The second-order valence-corrected chi connectivity index (χ2v) is 5.74. The SMILES string of the molecule is CC(Cn1cccn1)NS(=O)(=O)c1cnc(N)nc1. The molecule has 2 aromatic rings. The van der Waals surface area contributed by atoms with Gasteiger partial charge in [-0.1, -0.05) is 0 Å². The van der Waals surface area contributed by atoms with Crippen molar-refractivity contribution in [3.05, 3.63) is 30.9 Å². The highest BCUT2D eigenvalue weighted by atomic mass is 32.2. The summed E-state index contributed by atoms with van der Waals surface area (Å²) in [6, 6.07) is 1.46. The molecule has 0 saturated heterocycles. The summed E-state index contributed by atoms with van der Waals surface area (Å²) < 4.78 is 28.2. The van der Waals surface area contributed by atoms with Crippen molar-refractivity contribution in [1.82, 2.24) is 24.5 Å². The first kappa shape index (κ1) is 13.4. The van der Waals surface area contributed by atoms with E-state index in [0.29, 0.717) is 6.54 Å². The fourth-order valence-electron chi connectivity index (χ4n) is 1.52. The molecule has 0 aliphatic rings. The van der Waals surface area contributed by atoms with E-state index in [2.05, 4.69) is 19.8 Å². The highest BCUT2D eigenvalue weighted by Gasteiger charge is 2.18. The summed E-state index contributed by atoms with van der Waals surface area (Å²) in [6.07, 6.45) is 5.74. The van der Waals surface area contributed by atoms with Gasteiger partial charge in [0.1, 0.15) is 4.90 Å². The summed E-state index contributed by atoms with van der Waals surface area (Å²) >= 11 is 0. The van der Waals surface area contributed by atoms with Gasteiger partial charge in [0.05, 0.1) is 18.9 Å². The van der Waals surface area contributed by atoms with Gasteiger partial charge in [-0.3, -0.25) is 4.68 Å². The van der Waals surface area contributed by atoms with Gasteiger partial charge >= 0.3 is 0 Å². The van der Waals surface area contributed by atoms with Crippen molar-refractivity contribution in [2.24, 2.45) is 0 Å². The molecule has 0 saturated carbocycles. The Balaban J connectivity index is 2.06. The van der Waals surface area contributed by atoms with Gasteiger partial charge in [0.2, 0.25) is 16.0 Å². The topological polar surface area (TPSA) is 116 Å². The summed E-state index contributed by atoms with van der Waals surface area (Å²) in [4.78, 5) is 7.30. The van der Waals surface area contributed by atoms with E-state index >= 15 is 0 Å². The van der Waals surface area contributed by atoms with Gasteiger partial charge in [0.25, 0.3) is 0 Å². The van der Waals surface area contributed by atoms with Gasteiger partial charge in [-0.2, -0.15) is 5.10 Å². The lowest BCUT2D eigenvalue weighted by Gasteiger charge is -2.13. The summed E-state index contributed by atoms with van der Waals surface area (Å²) in [5, 5.41) is 4.01. The average Bonchev–Trinajstić information content (AvgIpc) is 2.81. The quantitative estimate of drug-likeness (QED) is 0.772. The summed E-state index contributed by atoms with van der Waals surface area (Å²) in [5.74, 6) is 0.0311. The molecular weight excluding hydrogens is 268 g/mol. The molecule has 0 bridgehead atoms. The van der Waals surface area contributed by atoms with E-state index < -0.39 is 10.0 Å². The second-order valence-electron chi connectivity index (χ2n) is 4.03. The lowest BCUT2D eigenvalue weighted by atomic mass is 10.4. The van der Waals surface area contributed by atoms with Gasteiger partial charge in [0, 0.05) is 18.4 Å². The van der Waals surface area contributed by atoms with Crippen LogP contribution in [-0.4, -0.2) is 34.2 Å². The number of nitrogen functional groups attached to an aromatic ring is 1. The van der Waals surface area contributed by atoms with Crippen LogP contribution in [0.4, 0.5) is 5.95 Å². The molecule has 2 aromatic heterocycles. The molecule has 0 fully saturated rings. The third-order valence-corrected chi connectivity index (χ3v) is 3.88. The van der Waals surface area contributed by atoms with Crippen LogP contribution in [0.5, 0.6) is 0 Å². The van der Waals surface area contributed by atoms with Gasteiger partial charge < -0.3 is 5.73 Å². The van der Waals surface area contributed by atoms with E-state index in [0.717, 1.165) is 0 Å². The molecule has 2 rings (SSSR count). The normalized spacial score (nSPS) is 13.3. The van der Waals surface area contributed by atoms with Crippen LogP contribution in [-0.2, 0) is 16.6 Å². The van der Waals surface area contributed by atoms with Crippen LogP contribution >= 0.6 is 0 Å². The predicted molar refractivity (Wildman–Crippen MR) is 68.5 cm³/mol. The largest absolute Gasteiger partial charge is 0.368 e. The zero-order valence-electron chi connectivity index (χ0n) is 10.3. The first-order valence-corrected chi connectivity index (χ1v) is 7.03. The number of nitrogens with one attached hydrogen (secondary N) is 1. The zero-order chi connectivity index (χ0) is 13.9. The van der Waals surface area contributed by atoms with Crippen LogP contribution in [0.15, 0.2) is 35.7 Å². The Morgan fingerprint density at radius 3 is 2.68 bits per heavy atom. The molecule has 0 aliphatic carbocycles. The fraction of sp³-hybridized carbons (Fsp3) is 0.300. The Bertz CT molecular complexity index is 623. The van der Waals surface area contributed by atoms with Crippen LogP contribution in [0, 0.1) is 0 Å². The predicted octanol–water partition coefficient (Wildman–Crippen LogP) is -0.378. The highest BCUT2D eigenvalue weighted by Crippen LogP contribution is 2.07. The Kier molecular flexibility index (Phi) is 3.76. The fourth-order valence-corrected chi connectivity index (χ4v) is 2.65. The molecule has 9 heteroatoms. The Labute approximate surface area is 110 Å². The maximum absolute atomic E-state index is 12.0. The Hall–Kier alpha value is -2.00. The third kappa shape index (κ3) is 3.48. The minimum atomic E-state index is -3.65. The Morgan fingerprint density at radius 1 is 1.42 bits per heavy atom. The van der Waals surface area contributed by atoms with Gasteiger partial charge in [0.15, 0.2) is 0 Å². The molecule has 0 aliphatic heterocycles. The van der Waals surface area contributed by atoms with Crippen molar-refractivity contribution >= 4 is 16.0 Å². The van der Waals surface area contributed by atoms with E-state index in [1.54, 1.807) is 30.1 Å². The molecule has 0 spiro atoms. The molecule has 1 unspecified atom stereocenters. The number of hydrogen-bond acceptors (Lipinski definition) is 6. The maximum Gasteiger partial charge on any atom is 0.243 e. The van der Waals surface area contributed by atoms with E-state index in [9.17, 15) is 8.42 Å². The van der Waals surface area contributed by atoms with E-state index in [1.165, 1.54) is 12.4 Å². The molecule has 102 valence electrons. The van der Waals surface area contributed by atoms with Gasteiger partial charge in [-0.15, -0.1) is 0 Å². The monoisotopic (exact) mass is 282 g/mol. The minimum Gasteiger partial charge on any atom is -0.368 e. The lowest BCUT2D eigenvalue weighted by Crippen LogP contribution is -2.35. The zero-order valence-corrected chi connectivity index (χ0v) is 11.1. The number of sulfonamides is 1. The molecule has 1 atom stereocenters. The minimum absolute atomic E-state index is 0.0194. The number of nitrogens with zero attached hydrogens (tertiary/aromatic N) is 4. The molecular formula is C10H14N6O2S. The van der Waals surface area contributed by atoms with Crippen LogP contribution in [0.2, 0.25) is 0 Å². The maximum atomic E-state index is 12.0. The number of rotatable bonds is 5. The van der Waals surface area contributed by atoms with Crippen LogP contribution in [0.1, 0.15) is 6.92 Å². The van der Waals surface area contributed by atoms with Crippen molar-refractivity contribution in [3.63, 3.8) is 0 Å². The van der Waals surface area contributed by atoms with E-state index in [-0.39, 0.29) is 16.9 Å². The molecule has 2 heterocycles. The first-order chi connectivity index (χ1) is 8.97. The Morgan fingerprint density at radius 2 is 2.11 bits per heavy atom. The van der Waals surface area contributed by atoms with E-state index in [1.807, 2.05) is 0 Å². The second kappa shape index (κ2) is 5.33. The van der Waals surface area contributed by atoms with Gasteiger partial charge in [-0.25, -0.2) is 23.1 Å². The van der Waals surface area contributed by atoms with Crippen molar-refractivity contribution in [1.29, 1.82) is 0 Å². The van der Waals surface area contributed by atoms with Gasteiger partial charge in [-0.05, 0) is 13.0 Å². The van der Waals surface area contributed by atoms with Crippen molar-refractivity contribution in [3.8, 4) is 0 Å². The molecule has 8 nitrogen and oxygen atoms in total. The van der Waals surface area contributed by atoms with Crippen molar-refractivity contribution in [2.75, 3.05) is 5.73 Å². The number of aromatic nitrogens is 4. The average molecular weight is 282 g/mol. The third-order valence-electron chi connectivity index (χ3n) is 2.33. The molecule has 0 amide bonds. The van der Waals surface area contributed by atoms with Crippen molar-refractivity contribution < 1.29 is 8.42 Å². The van der Waals surface area contributed by atoms with Crippen LogP contribution in [0.3, 0.4) is 0 Å². The molecule has 3 N–H and O–H groups in total. The number of nitrogens with two attached hydrogens (primary N) is 1. The van der Waals surface area contributed by atoms with Crippen molar-refractivity contribution in [2.45, 2.75) is 24.4 Å². The van der Waals surface area contributed by atoms with Crippen LogP contribution < -0.4 is 10.5 Å². The standard InChI is InChI=1S/C10H14N6O2S/c1-8(7-16-4-2-3-14-16)15-19(17,18)9-5-12-10(11)13-6-9/h2-6,8,15H,7H2,1H3,(H2,11,12,13). The lowest BCUT2D eigenvalue weighted by molar-refractivity contribution is 0.493. The summed E-state index contributed by atoms with van der Waals surface area (Å²) in [6.45, 7) is 2.18. The van der Waals surface area contributed by atoms with Crippen LogP contribution in [0.25, 0.3) is 0 Å². The molecule has 0 aromatic carbocycles. The highest BCUT2D eigenvalue weighted by molar-refractivity contribution is 7.89. The summed E-state index contributed by atoms with van der Waals surface area (Å²) in [7, 11) is -3.65. The number of anilines is 1. The first-order valence-electron chi connectivity index (χ1n) is 5.54. The summed E-state index contributed by atoms with van der Waals surface area (Å²) in [5.41, 5.74) is 5.31. The molecule has 19 heavy (non-hydrogen) atoms.